The predicted molar refractivity (Wildman–Crippen MR) is 98.2 cm³/mol. The SMILES string of the molecule is C=CC[C@H](CC(=O)NCCOCCO)C(=O)N[C@H](CO)c1ccccc1. The van der Waals surface area contributed by atoms with Gasteiger partial charge >= 0.3 is 0 Å². The number of hydrogen-bond acceptors (Lipinski definition) is 5. The molecule has 0 saturated heterocycles. The number of aliphatic hydroxyl groups is 2. The van der Waals surface area contributed by atoms with E-state index in [2.05, 4.69) is 17.2 Å². The standard InChI is InChI=1S/C19H28N2O5/c1-2-6-16(13-18(24)20-9-11-26-12-10-22)19(25)21-17(14-23)15-7-4-3-5-8-15/h2-5,7-8,16-17,22-23H,1,6,9-14H2,(H,20,24)(H,21,25)/t16-,17-/m1/s1. The third-order valence-electron chi connectivity index (χ3n) is 3.76. The molecule has 2 amide bonds. The van der Waals surface area contributed by atoms with E-state index in [1.165, 1.54) is 0 Å². The largest absolute Gasteiger partial charge is 0.394 e. The molecule has 2 atom stereocenters. The highest BCUT2D eigenvalue weighted by molar-refractivity contribution is 5.86. The number of carbonyl (C=O) groups is 2. The summed E-state index contributed by atoms with van der Waals surface area (Å²) in [5.41, 5.74) is 0.797. The first-order valence-electron chi connectivity index (χ1n) is 8.64. The van der Waals surface area contributed by atoms with Crippen LogP contribution in [-0.2, 0) is 14.3 Å². The van der Waals surface area contributed by atoms with Crippen molar-refractivity contribution in [2.24, 2.45) is 5.92 Å². The third kappa shape index (κ3) is 8.24. The van der Waals surface area contributed by atoms with Gasteiger partial charge in [0.15, 0.2) is 0 Å². The molecule has 0 unspecified atom stereocenters. The van der Waals surface area contributed by atoms with Crippen molar-refractivity contribution in [3.8, 4) is 0 Å². The Hall–Kier alpha value is -2.22. The van der Waals surface area contributed by atoms with Crippen LogP contribution in [0.5, 0.6) is 0 Å². The fraction of sp³-hybridized carbons (Fsp3) is 0.474. The number of nitrogens with one attached hydrogen (secondary N) is 2. The van der Waals surface area contributed by atoms with Crippen LogP contribution in [0.15, 0.2) is 43.0 Å². The van der Waals surface area contributed by atoms with Gasteiger partial charge in [0.1, 0.15) is 0 Å². The van der Waals surface area contributed by atoms with E-state index in [0.29, 0.717) is 19.6 Å². The summed E-state index contributed by atoms with van der Waals surface area (Å²) < 4.78 is 5.06. The molecule has 0 aromatic heterocycles. The van der Waals surface area contributed by atoms with E-state index in [1.807, 2.05) is 30.3 Å². The Labute approximate surface area is 154 Å². The van der Waals surface area contributed by atoms with Crippen LogP contribution in [0, 0.1) is 5.92 Å². The predicted octanol–water partition coefficient (Wildman–Crippen LogP) is 0.544. The highest BCUT2D eigenvalue weighted by Crippen LogP contribution is 2.15. The highest BCUT2D eigenvalue weighted by Gasteiger charge is 2.23. The number of ether oxygens (including phenoxy) is 1. The number of benzene rings is 1. The molecule has 0 saturated carbocycles. The first-order chi connectivity index (χ1) is 12.6. The maximum absolute atomic E-state index is 12.5. The minimum atomic E-state index is -0.566. The van der Waals surface area contributed by atoms with Gasteiger partial charge in [0.25, 0.3) is 0 Å². The summed E-state index contributed by atoms with van der Waals surface area (Å²) in [5.74, 6) is -1.14. The van der Waals surface area contributed by atoms with Crippen molar-refractivity contribution >= 4 is 11.8 Å². The lowest BCUT2D eigenvalue weighted by atomic mass is 9.98. The summed E-state index contributed by atoms with van der Waals surface area (Å²) in [4.78, 5) is 24.5. The van der Waals surface area contributed by atoms with Crippen LogP contribution < -0.4 is 10.6 Å². The highest BCUT2D eigenvalue weighted by atomic mass is 16.5. The van der Waals surface area contributed by atoms with Gasteiger partial charge in [-0.15, -0.1) is 6.58 Å². The maximum atomic E-state index is 12.5. The summed E-state index contributed by atoms with van der Waals surface area (Å²) in [5, 5.41) is 23.6. The van der Waals surface area contributed by atoms with Gasteiger partial charge in [0.05, 0.1) is 38.4 Å². The Morgan fingerprint density at radius 3 is 2.54 bits per heavy atom. The Kier molecular flexibility index (Phi) is 10.9. The Morgan fingerprint density at radius 1 is 1.19 bits per heavy atom. The van der Waals surface area contributed by atoms with Crippen molar-refractivity contribution in [1.29, 1.82) is 0 Å². The molecule has 0 aliphatic heterocycles. The molecule has 1 rings (SSSR count). The molecule has 0 fully saturated rings. The van der Waals surface area contributed by atoms with E-state index in [9.17, 15) is 14.7 Å². The van der Waals surface area contributed by atoms with Crippen molar-refractivity contribution in [3.63, 3.8) is 0 Å². The molecule has 1 aromatic carbocycles. The van der Waals surface area contributed by atoms with Crippen LogP contribution in [0.25, 0.3) is 0 Å². The van der Waals surface area contributed by atoms with Gasteiger partial charge in [-0.3, -0.25) is 9.59 Å². The summed E-state index contributed by atoms with van der Waals surface area (Å²) in [6.07, 6.45) is 1.97. The van der Waals surface area contributed by atoms with Gasteiger partial charge in [0.2, 0.25) is 11.8 Å². The summed E-state index contributed by atoms with van der Waals surface area (Å²) in [7, 11) is 0. The zero-order chi connectivity index (χ0) is 19.2. The van der Waals surface area contributed by atoms with Crippen molar-refractivity contribution in [2.75, 3.05) is 33.0 Å². The quantitative estimate of drug-likeness (QED) is 0.302. The lowest BCUT2D eigenvalue weighted by Gasteiger charge is -2.21. The molecule has 0 spiro atoms. The molecule has 0 bridgehead atoms. The van der Waals surface area contributed by atoms with E-state index < -0.39 is 12.0 Å². The third-order valence-corrected chi connectivity index (χ3v) is 3.76. The second-order valence-corrected chi connectivity index (χ2v) is 5.77. The van der Waals surface area contributed by atoms with Gasteiger partial charge in [-0.25, -0.2) is 0 Å². The van der Waals surface area contributed by atoms with Crippen LogP contribution in [0.2, 0.25) is 0 Å². The van der Waals surface area contributed by atoms with Crippen molar-refractivity contribution in [2.45, 2.75) is 18.9 Å². The first-order valence-corrected chi connectivity index (χ1v) is 8.64. The van der Waals surface area contributed by atoms with Gasteiger partial charge in [-0.1, -0.05) is 36.4 Å². The lowest BCUT2D eigenvalue weighted by Crippen LogP contribution is -2.38. The van der Waals surface area contributed by atoms with E-state index in [-0.39, 0.29) is 38.1 Å². The van der Waals surface area contributed by atoms with Crippen LogP contribution in [0.1, 0.15) is 24.4 Å². The molecule has 7 nitrogen and oxygen atoms in total. The Morgan fingerprint density at radius 2 is 1.92 bits per heavy atom. The zero-order valence-corrected chi connectivity index (χ0v) is 14.9. The van der Waals surface area contributed by atoms with Gasteiger partial charge in [0, 0.05) is 13.0 Å². The van der Waals surface area contributed by atoms with Crippen molar-refractivity contribution in [3.05, 3.63) is 48.6 Å². The minimum absolute atomic E-state index is 0.0186. The molecule has 4 N–H and O–H groups in total. The fourth-order valence-electron chi connectivity index (χ4n) is 2.42. The van der Waals surface area contributed by atoms with Crippen LogP contribution >= 0.6 is 0 Å². The van der Waals surface area contributed by atoms with Gasteiger partial charge in [-0.05, 0) is 12.0 Å². The Balaban J connectivity index is 2.54. The van der Waals surface area contributed by atoms with Gasteiger partial charge < -0.3 is 25.6 Å². The summed E-state index contributed by atoms with van der Waals surface area (Å²) >= 11 is 0. The number of allylic oxidation sites excluding steroid dienone is 1. The monoisotopic (exact) mass is 364 g/mol. The second kappa shape index (κ2) is 13.0. The number of aliphatic hydroxyl groups excluding tert-OH is 2. The first kappa shape index (κ1) is 21.8. The molecule has 26 heavy (non-hydrogen) atoms. The molecular weight excluding hydrogens is 336 g/mol. The molecule has 0 aliphatic carbocycles. The molecule has 0 radical (unpaired) electrons. The normalized spacial score (nSPS) is 12.8. The van der Waals surface area contributed by atoms with Crippen LogP contribution in [-0.4, -0.2) is 55.0 Å². The number of amides is 2. The number of rotatable bonds is 13. The lowest BCUT2D eigenvalue weighted by molar-refractivity contribution is -0.131. The average molecular weight is 364 g/mol. The van der Waals surface area contributed by atoms with Crippen LogP contribution in [0.3, 0.4) is 0 Å². The van der Waals surface area contributed by atoms with E-state index in [1.54, 1.807) is 6.08 Å². The van der Waals surface area contributed by atoms with Crippen molar-refractivity contribution in [1.82, 2.24) is 10.6 Å². The molecule has 0 aliphatic rings. The molecule has 0 heterocycles. The van der Waals surface area contributed by atoms with E-state index >= 15 is 0 Å². The maximum Gasteiger partial charge on any atom is 0.224 e. The Bertz CT molecular complexity index is 550. The van der Waals surface area contributed by atoms with Gasteiger partial charge in [-0.2, -0.15) is 0 Å². The second-order valence-electron chi connectivity index (χ2n) is 5.77. The number of hydrogen-bond donors (Lipinski definition) is 4. The molecule has 144 valence electrons. The molecular formula is C19H28N2O5. The fourth-order valence-corrected chi connectivity index (χ4v) is 2.42. The van der Waals surface area contributed by atoms with E-state index in [0.717, 1.165) is 5.56 Å². The van der Waals surface area contributed by atoms with Crippen molar-refractivity contribution < 1.29 is 24.5 Å². The average Bonchev–Trinajstić information content (AvgIpc) is 2.66. The zero-order valence-electron chi connectivity index (χ0n) is 14.9. The minimum Gasteiger partial charge on any atom is -0.394 e. The smallest absolute Gasteiger partial charge is 0.224 e. The van der Waals surface area contributed by atoms with E-state index in [4.69, 9.17) is 9.84 Å². The topological polar surface area (TPSA) is 108 Å². The summed E-state index contributed by atoms with van der Waals surface area (Å²) in [6, 6.07) is 8.64. The molecule has 7 heteroatoms. The summed E-state index contributed by atoms with van der Waals surface area (Å²) in [6.45, 7) is 4.17. The number of carbonyl (C=O) groups excluding carboxylic acids is 2. The van der Waals surface area contributed by atoms with Crippen LogP contribution in [0.4, 0.5) is 0 Å². The molecule has 1 aromatic rings.